The summed E-state index contributed by atoms with van der Waals surface area (Å²) in [6.07, 6.45) is 7.41. The van der Waals surface area contributed by atoms with Crippen molar-refractivity contribution in [3.63, 3.8) is 0 Å². The third-order valence-corrected chi connectivity index (χ3v) is 6.99. The molecule has 2 aliphatic heterocycles. The summed E-state index contributed by atoms with van der Waals surface area (Å²) < 4.78 is 28.2. The molecule has 0 unspecified atom stereocenters. The largest absolute Gasteiger partial charge is 0.465 e. The Balaban J connectivity index is 1.83. The Kier molecular flexibility index (Phi) is 13.1. The van der Waals surface area contributed by atoms with Gasteiger partial charge in [-0.2, -0.15) is 0 Å². The number of esters is 1. The number of nitrogens with zero attached hydrogens (tertiary/aromatic N) is 1. The minimum Gasteiger partial charge on any atom is -0.465 e. The van der Waals surface area contributed by atoms with Gasteiger partial charge in [0.25, 0.3) is 5.91 Å². The van der Waals surface area contributed by atoms with Gasteiger partial charge in [-0.25, -0.2) is 4.79 Å². The molecule has 0 saturated carbocycles. The Morgan fingerprint density at radius 1 is 0.974 bits per heavy atom. The van der Waals surface area contributed by atoms with Crippen molar-refractivity contribution in [1.29, 1.82) is 0 Å². The number of carbonyl (C=O) groups excluding carboxylic acids is 2. The molecule has 1 aromatic rings. The molecule has 38 heavy (non-hydrogen) atoms. The van der Waals surface area contributed by atoms with Crippen LogP contribution in [0, 0.1) is 5.92 Å². The fraction of sp³-hybridized carbons (Fsp3) is 0.655. The standard InChI is InChI=1S/C29H43NO8/c1-3-37-29-24(13-17-35-19-20-36-18-16-31)25(22-9-11-23(12-10-22)28(33)34-2)21-26(38-29)27(32)30-14-7-5-4-6-8-15-30/h9-12,21,24-25,29,31H,3-8,13-20H2,1-2H3/t24-,25+,29+/m0/s1. The average molecular weight is 534 g/mol. The van der Waals surface area contributed by atoms with E-state index in [-0.39, 0.29) is 31.0 Å². The van der Waals surface area contributed by atoms with Gasteiger partial charge in [0, 0.05) is 38.1 Å². The van der Waals surface area contributed by atoms with Gasteiger partial charge >= 0.3 is 5.97 Å². The minimum absolute atomic E-state index is 0.0171. The van der Waals surface area contributed by atoms with Crippen molar-refractivity contribution >= 4 is 11.9 Å². The SMILES string of the molecule is CCO[C@@H]1OC(C(=O)N2CCCCCCC2)=C[C@H](c2ccc(C(=O)OC)cc2)[C@@H]1CCOCCOCCO. The van der Waals surface area contributed by atoms with Gasteiger partial charge < -0.3 is 33.7 Å². The van der Waals surface area contributed by atoms with Gasteiger partial charge in [0.1, 0.15) is 0 Å². The second kappa shape index (κ2) is 16.5. The Bertz CT molecular complexity index is 879. The number of hydrogen-bond donors (Lipinski definition) is 1. The minimum atomic E-state index is -0.613. The van der Waals surface area contributed by atoms with E-state index in [0.717, 1.165) is 44.3 Å². The maximum atomic E-state index is 13.6. The fourth-order valence-electron chi connectivity index (χ4n) is 4.98. The van der Waals surface area contributed by atoms with Crippen LogP contribution in [0.4, 0.5) is 0 Å². The highest BCUT2D eigenvalue weighted by Gasteiger charge is 2.39. The zero-order valence-corrected chi connectivity index (χ0v) is 22.8. The molecule has 2 heterocycles. The van der Waals surface area contributed by atoms with Gasteiger partial charge in [-0.15, -0.1) is 0 Å². The lowest BCUT2D eigenvalue weighted by Crippen LogP contribution is -2.41. The number of ether oxygens (including phenoxy) is 5. The Hall–Kier alpha value is -2.46. The molecular formula is C29H43NO8. The van der Waals surface area contributed by atoms with Gasteiger partial charge in [-0.1, -0.05) is 31.4 Å². The number of carbonyl (C=O) groups is 2. The van der Waals surface area contributed by atoms with Crippen molar-refractivity contribution in [3.05, 3.63) is 47.2 Å². The van der Waals surface area contributed by atoms with Crippen LogP contribution in [0.3, 0.4) is 0 Å². The molecule has 2 aliphatic rings. The molecule has 0 aliphatic carbocycles. The second-order valence-electron chi connectivity index (χ2n) is 9.57. The van der Waals surface area contributed by atoms with E-state index >= 15 is 0 Å². The molecule has 1 aromatic carbocycles. The molecule has 0 bridgehead atoms. The number of methoxy groups -OCH3 is 1. The summed E-state index contributed by atoms with van der Waals surface area (Å²) in [5, 5.41) is 8.84. The lowest BCUT2D eigenvalue weighted by atomic mass is 9.81. The van der Waals surface area contributed by atoms with E-state index in [1.54, 1.807) is 12.1 Å². The molecule has 0 aromatic heterocycles. The first-order valence-electron chi connectivity index (χ1n) is 13.8. The summed E-state index contributed by atoms with van der Waals surface area (Å²) in [6, 6.07) is 7.28. The predicted octanol–water partition coefficient (Wildman–Crippen LogP) is 3.66. The van der Waals surface area contributed by atoms with Crippen molar-refractivity contribution in [2.24, 2.45) is 5.92 Å². The van der Waals surface area contributed by atoms with Crippen LogP contribution in [0.5, 0.6) is 0 Å². The maximum Gasteiger partial charge on any atom is 0.337 e. The first-order valence-corrected chi connectivity index (χ1v) is 13.8. The van der Waals surface area contributed by atoms with Crippen LogP contribution in [0.15, 0.2) is 36.1 Å². The first kappa shape index (κ1) is 30.1. The first-order chi connectivity index (χ1) is 18.6. The van der Waals surface area contributed by atoms with Crippen molar-refractivity contribution < 1.29 is 38.4 Å². The van der Waals surface area contributed by atoms with Gasteiger partial charge in [0.05, 0.1) is 39.1 Å². The number of aliphatic hydroxyl groups excluding tert-OH is 1. The van der Waals surface area contributed by atoms with E-state index in [9.17, 15) is 9.59 Å². The topological polar surface area (TPSA) is 104 Å². The van der Waals surface area contributed by atoms with E-state index in [1.807, 2.05) is 30.0 Å². The van der Waals surface area contributed by atoms with E-state index < -0.39 is 12.3 Å². The van der Waals surface area contributed by atoms with E-state index in [1.165, 1.54) is 13.5 Å². The summed E-state index contributed by atoms with van der Waals surface area (Å²) in [5.74, 6) is -0.451. The van der Waals surface area contributed by atoms with Gasteiger partial charge in [0.2, 0.25) is 6.29 Å². The molecule has 0 radical (unpaired) electrons. The zero-order valence-electron chi connectivity index (χ0n) is 22.8. The Morgan fingerprint density at radius 3 is 2.26 bits per heavy atom. The molecule has 3 atom stereocenters. The highest BCUT2D eigenvalue weighted by molar-refractivity contribution is 5.92. The van der Waals surface area contributed by atoms with Crippen molar-refractivity contribution in [2.45, 2.75) is 57.7 Å². The molecule has 212 valence electrons. The van der Waals surface area contributed by atoms with Crippen molar-refractivity contribution in [2.75, 3.05) is 59.8 Å². The highest BCUT2D eigenvalue weighted by Crippen LogP contribution is 2.39. The lowest BCUT2D eigenvalue weighted by molar-refractivity contribution is -0.172. The molecule has 1 amide bonds. The van der Waals surface area contributed by atoms with E-state index in [0.29, 0.717) is 44.2 Å². The lowest BCUT2D eigenvalue weighted by Gasteiger charge is -2.38. The van der Waals surface area contributed by atoms with Crippen LogP contribution in [-0.2, 0) is 28.5 Å². The quantitative estimate of drug-likeness (QED) is 0.303. The summed E-state index contributed by atoms with van der Waals surface area (Å²) in [7, 11) is 1.36. The normalized spacial score (nSPS) is 22.1. The number of likely N-dealkylation sites (tertiary alicyclic amines) is 1. The summed E-state index contributed by atoms with van der Waals surface area (Å²) >= 11 is 0. The average Bonchev–Trinajstić information content (AvgIpc) is 2.92. The van der Waals surface area contributed by atoms with Gasteiger partial charge in [-0.3, -0.25) is 4.79 Å². The maximum absolute atomic E-state index is 13.6. The predicted molar refractivity (Wildman–Crippen MR) is 142 cm³/mol. The van der Waals surface area contributed by atoms with Crippen molar-refractivity contribution in [3.8, 4) is 0 Å². The Labute approximate surface area is 226 Å². The van der Waals surface area contributed by atoms with Crippen LogP contribution in [0.2, 0.25) is 0 Å². The molecule has 3 rings (SSSR count). The molecular weight excluding hydrogens is 490 g/mol. The van der Waals surface area contributed by atoms with E-state index in [4.69, 9.17) is 28.8 Å². The Morgan fingerprint density at radius 2 is 1.63 bits per heavy atom. The summed E-state index contributed by atoms with van der Waals surface area (Å²) in [4.78, 5) is 27.5. The number of hydrogen-bond acceptors (Lipinski definition) is 8. The molecule has 0 spiro atoms. The monoisotopic (exact) mass is 533 g/mol. The molecule has 1 saturated heterocycles. The smallest absolute Gasteiger partial charge is 0.337 e. The number of allylic oxidation sites excluding steroid dienone is 1. The van der Waals surface area contributed by atoms with Crippen LogP contribution in [0.25, 0.3) is 0 Å². The van der Waals surface area contributed by atoms with Crippen LogP contribution >= 0.6 is 0 Å². The number of benzene rings is 1. The van der Waals surface area contributed by atoms with Crippen LogP contribution in [0.1, 0.15) is 67.3 Å². The number of aliphatic hydroxyl groups is 1. The molecule has 9 heteroatoms. The number of amides is 1. The summed E-state index contributed by atoms with van der Waals surface area (Å²) in [6.45, 7) is 5.36. The van der Waals surface area contributed by atoms with Gasteiger partial charge in [-0.05, 0) is 50.0 Å². The summed E-state index contributed by atoms with van der Waals surface area (Å²) in [5.41, 5.74) is 1.42. The van der Waals surface area contributed by atoms with Gasteiger partial charge in [0.15, 0.2) is 5.76 Å². The van der Waals surface area contributed by atoms with Crippen molar-refractivity contribution in [1.82, 2.24) is 4.90 Å². The number of rotatable bonds is 13. The molecule has 1 fully saturated rings. The second-order valence-corrected chi connectivity index (χ2v) is 9.57. The van der Waals surface area contributed by atoms with Crippen LogP contribution < -0.4 is 0 Å². The molecule has 9 nitrogen and oxygen atoms in total. The molecule has 1 N–H and O–H groups in total. The fourth-order valence-corrected chi connectivity index (χ4v) is 4.98. The van der Waals surface area contributed by atoms with Crippen LogP contribution in [-0.4, -0.2) is 88.0 Å². The highest BCUT2D eigenvalue weighted by atomic mass is 16.7. The zero-order chi connectivity index (χ0) is 27.2. The third kappa shape index (κ3) is 8.80. The third-order valence-electron chi connectivity index (χ3n) is 6.99. The van der Waals surface area contributed by atoms with E-state index in [2.05, 4.69) is 0 Å².